The van der Waals surface area contributed by atoms with Gasteiger partial charge in [0.2, 0.25) is 0 Å². The fourth-order valence-electron chi connectivity index (χ4n) is 1.01. The molecule has 1 unspecified atom stereocenters. The Morgan fingerprint density at radius 3 is 2.93 bits per heavy atom. The van der Waals surface area contributed by atoms with E-state index in [-0.39, 0.29) is 0 Å². The molecule has 0 aliphatic rings. The van der Waals surface area contributed by atoms with E-state index in [2.05, 4.69) is 15.5 Å². The van der Waals surface area contributed by atoms with E-state index >= 15 is 0 Å². The molecule has 78 valence electrons. The second kappa shape index (κ2) is 5.02. The molecular weight excluding hydrogens is 178 g/mol. The first-order valence-electron chi connectivity index (χ1n) is 4.84. The minimum atomic E-state index is -0.637. The Bertz CT molecular complexity index is 261. The average Bonchev–Trinajstić information content (AvgIpc) is 2.19. The standard InChI is InChI=1S/C10H17N3O/c1-3-10(2,14)8-11-7-9-5-4-6-12-13-9/h4-6,11,14H,3,7-8H2,1-2H3. The van der Waals surface area contributed by atoms with Crippen LogP contribution in [0.2, 0.25) is 0 Å². The van der Waals surface area contributed by atoms with E-state index in [0.29, 0.717) is 13.1 Å². The topological polar surface area (TPSA) is 58.0 Å². The maximum Gasteiger partial charge on any atom is 0.0768 e. The van der Waals surface area contributed by atoms with Crippen LogP contribution in [0.1, 0.15) is 26.0 Å². The Hall–Kier alpha value is -1.00. The molecule has 1 aromatic rings. The molecular formula is C10H17N3O. The summed E-state index contributed by atoms with van der Waals surface area (Å²) < 4.78 is 0. The van der Waals surface area contributed by atoms with E-state index < -0.39 is 5.60 Å². The van der Waals surface area contributed by atoms with Crippen LogP contribution >= 0.6 is 0 Å². The van der Waals surface area contributed by atoms with Gasteiger partial charge < -0.3 is 10.4 Å². The highest BCUT2D eigenvalue weighted by molar-refractivity contribution is 4.98. The van der Waals surface area contributed by atoms with Crippen molar-refractivity contribution in [1.29, 1.82) is 0 Å². The van der Waals surface area contributed by atoms with E-state index in [9.17, 15) is 5.11 Å². The zero-order chi connectivity index (χ0) is 10.4. The van der Waals surface area contributed by atoms with Gasteiger partial charge in [-0.25, -0.2) is 0 Å². The maximum absolute atomic E-state index is 9.70. The van der Waals surface area contributed by atoms with Crippen LogP contribution in [0.25, 0.3) is 0 Å². The summed E-state index contributed by atoms with van der Waals surface area (Å²) in [5.74, 6) is 0. The van der Waals surface area contributed by atoms with Crippen molar-refractivity contribution in [2.24, 2.45) is 0 Å². The summed E-state index contributed by atoms with van der Waals surface area (Å²) in [5.41, 5.74) is 0.252. The minimum absolute atomic E-state index is 0.570. The molecule has 0 aromatic carbocycles. The molecule has 1 heterocycles. The van der Waals surface area contributed by atoms with E-state index in [0.717, 1.165) is 12.1 Å². The molecule has 2 N–H and O–H groups in total. The first-order valence-corrected chi connectivity index (χ1v) is 4.84. The van der Waals surface area contributed by atoms with Crippen LogP contribution in [0.15, 0.2) is 18.3 Å². The number of aromatic nitrogens is 2. The minimum Gasteiger partial charge on any atom is -0.389 e. The monoisotopic (exact) mass is 195 g/mol. The molecule has 0 saturated heterocycles. The van der Waals surface area contributed by atoms with Crippen LogP contribution < -0.4 is 5.32 Å². The summed E-state index contributed by atoms with van der Waals surface area (Å²) in [4.78, 5) is 0. The van der Waals surface area contributed by atoms with Crippen molar-refractivity contribution in [3.8, 4) is 0 Å². The second-order valence-corrected chi connectivity index (χ2v) is 3.67. The van der Waals surface area contributed by atoms with Crippen molar-refractivity contribution in [2.75, 3.05) is 6.54 Å². The predicted octanol–water partition coefficient (Wildman–Crippen LogP) is 0.727. The van der Waals surface area contributed by atoms with Gasteiger partial charge in [0.25, 0.3) is 0 Å². The summed E-state index contributed by atoms with van der Waals surface area (Å²) in [5, 5.41) is 20.5. The molecule has 0 saturated carbocycles. The van der Waals surface area contributed by atoms with E-state index in [1.165, 1.54) is 0 Å². The molecule has 0 aliphatic heterocycles. The Balaban J connectivity index is 2.29. The number of hydrogen-bond acceptors (Lipinski definition) is 4. The SMILES string of the molecule is CCC(C)(O)CNCc1cccnn1. The lowest BCUT2D eigenvalue weighted by Gasteiger charge is -2.21. The highest BCUT2D eigenvalue weighted by atomic mass is 16.3. The van der Waals surface area contributed by atoms with Gasteiger partial charge in [0.1, 0.15) is 0 Å². The highest BCUT2D eigenvalue weighted by Crippen LogP contribution is 2.06. The van der Waals surface area contributed by atoms with Crippen molar-refractivity contribution in [1.82, 2.24) is 15.5 Å². The molecule has 0 spiro atoms. The van der Waals surface area contributed by atoms with Crippen molar-refractivity contribution < 1.29 is 5.11 Å². The molecule has 0 fully saturated rings. The summed E-state index contributed by atoms with van der Waals surface area (Å²) in [6.45, 7) is 4.99. The van der Waals surface area contributed by atoms with Crippen LogP contribution in [-0.2, 0) is 6.54 Å². The fraction of sp³-hybridized carbons (Fsp3) is 0.600. The third-order valence-corrected chi connectivity index (χ3v) is 2.20. The Morgan fingerprint density at radius 1 is 1.57 bits per heavy atom. The maximum atomic E-state index is 9.70. The average molecular weight is 195 g/mol. The van der Waals surface area contributed by atoms with Crippen LogP contribution in [-0.4, -0.2) is 27.4 Å². The van der Waals surface area contributed by atoms with Crippen molar-refractivity contribution in [2.45, 2.75) is 32.4 Å². The lowest BCUT2D eigenvalue weighted by Crippen LogP contribution is -2.36. The molecule has 1 aromatic heterocycles. The van der Waals surface area contributed by atoms with Gasteiger partial charge in [0.05, 0.1) is 11.3 Å². The first kappa shape index (κ1) is 11.1. The Labute approximate surface area is 84.4 Å². The molecule has 1 atom stereocenters. The third-order valence-electron chi connectivity index (χ3n) is 2.20. The van der Waals surface area contributed by atoms with Crippen molar-refractivity contribution in [3.63, 3.8) is 0 Å². The van der Waals surface area contributed by atoms with Gasteiger partial charge >= 0.3 is 0 Å². The smallest absolute Gasteiger partial charge is 0.0768 e. The van der Waals surface area contributed by atoms with Crippen LogP contribution in [0.3, 0.4) is 0 Å². The van der Waals surface area contributed by atoms with Crippen LogP contribution in [0.4, 0.5) is 0 Å². The predicted molar refractivity (Wildman–Crippen MR) is 54.7 cm³/mol. The third kappa shape index (κ3) is 3.81. The van der Waals surface area contributed by atoms with Gasteiger partial charge in [-0.05, 0) is 25.5 Å². The van der Waals surface area contributed by atoms with Crippen molar-refractivity contribution >= 4 is 0 Å². The molecule has 4 nitrogen and oxygen atoms in total. The quantitative estimate of drug-likeness (QED) is 0.727. The van der Waals surface area contributed by atoms with Crippen LogP contribution in [0.5, 0.6) is 0 Å². The Kier molecular flexibility index (Phi) is 3.98. The summed E-state index contributed by atoms with van der Waals surface area (Å²) in [7, 11) is 0. The largest absolute Gasteiger partial charge is 0.389 e. The number of rotatable bonds is 5. The summed E-state index contributed by atoms with van der Waals surface area (Å²) in [6, 6.07) is 3.75. The van der Waals surface area contributed by atoms with E-state index in [1.807, 2.05) is 26.0 Å². The van der Waals surface area contributed by atoms with Gasteiger partial charge in [-0.2, -0.15) is 10.2 Å². The van der Waals surface area contributed by atoms with Crippen molar-refractivity contribution in [3.05, 3.63) is 24.0 Å². The molecule has 0 radical (unpaired) electrons. The van der Waals surface area contributed by atoms with Gasteiger partial charge in [0.15, 0.2) is 0 Å². The van der Waals surface area contributed by atoms with E-state index in [4.69, 9.17) is 0 Å². The fourth-order valence-corrected chi connectivity index (χ4v) is 1.01. The zero-order valence-corrected chi connectivity index (χ0v) is 8.70. The normalized spacial score (nSPS) is 15.1. The summed E-state index contributed by atoms with van der Waals surface area (Å²) >= 11 is 0. The lowest BCUT2D eigenvalue weighted by molar-refractivity contribution is 0.0555. The molecule has 1 rings (SSSR count). The molecule has 0 bridgehead atoms. The van der Waals surface area contributed by atoms with Gasteiger partial charge in [-0.15, -0.1) is 0 Å². The number of hydrogen-bond donors (Lipinski definition) is 2. The molecule has 4 heteroatoms. The number of nitrogens with one attached hydrogen (secondary N) is 1. The molecule has 14 heavy (non-hydrogen) atoms. The number of aliphatic hydroxyl groups is 1. The van der Waals surface area contributed by atoms with E-state index in [1.54, 1.807) is 6.20 Å². The second-order valence-electron chi connectivity index (χ2n) is 3.67. The van der Waals surface area contributed by atoms with Gasteiger partial charge in [-0.3, -0.25) is 0 Å². The van der Waals surface area contributed by atoms with Gasteiger partial charge in [0, 0.05) is 19.3 Å². The van der Waals surface area contributed by atoms with Gasteiger partial charge in [-0.1, -0.05) is 6.92 Å². The number of nitrogens with zero attached hydrogens (tertiary/aromatic N) is 2. The lowest BCUT2D eigenvalue weighted by atomic mass is 10.0. The molecule has 0 amide bonds. The first-order chi connectivity index (χ1) is 6.64. The Morgan fingerprint density at radius 2 is 2.36 bits per heavy atom. The highest BCUT2D eigenvalue weighted by Gasteiger charge is 2.16. The molecule has 0 aliphatic carbocycles. The summed E-state index contributed by atoms with van der Waals surface area (Å²) in [6.07, 6.45) is 2.38. The zero-order valence-electron chi connectivity index (χ0n) is 8.70. The van der Waals surface area contributed by atoms with Crippen LogP contribution in [0, 0.1) is 0 Å².